The lowest BCUT2D eigenvalue weighted by Gasteiger charge is -2.10. The number of hydrogen-bond donors (Lipinski definition) is 2. The van der Waals surface area contributed by atoms with E-state index in [1.807, 2.05) is 31.2 Å². The molecule has 0 saturated carbocycles. The topological polar surface area (TPSA) is 67.4 Å². The average molecular weight is 248 g/mol. The Balaban J connectivity index is 1.82. The van der Waals surface area contributed by atoms with Gasteiger partial charge in [-0.25, -0.2) is 0 Å². The molecule has 1 heterocycles. The standard InChI is InChI=1S/C13H16N2O3/c1-9-4-2-3-5-10(9)15-12(16)8-14-11-6-7-18-13(11)17/h2-5,11,14H,6-8H2,1H3,(H,15,16). The van der Waals surface area contributed by atoms with Gasteiger partial charge in [-0.3, -0.25) is 14.9 Å². The van der Waals surface area contributed by atoms with Gasteiger partial charge in [-0.2, -0.15) is 0 Å². The Bertz CT molecular complexity index is 459. The third-order valence-electron chi connectivity index (χ3n) is 2.86. The zero-order valence-corrected chi connectivity index (χ0v) is 10.2. The van der Waals surface area contributed by atoms with Gasteiger partial charge >= 0.3 is 5.97 Å². The summed E-state index contributed by atoms with van der Waals surface area (Å²) in [6.45, 7) is 2.46. The number of anilines is 1. The fraction of sp³-hybridized carbons (Fsp3) is 0.385. The number of benzene rings is 1. The number of carbonyl (C=O) groups excluding carboxylic acids is 2. The number of aryl methyl sites for hydroxylation is 1. The molecule has 1 unspecified atom stereocenters. The van der Waals surface area contributed by atoms with Crippen LogP contribution in [-0.4, -0.2) is 31.1 Å². The number of rotatable bonds is 4. The average Bonchev–Trinajstić information content (AvgIpc) is 2.75. The number of cyclic esters (lactones) is 1. The van der Waals surface area contributed by atoms with Crippen molar-refractivity contribution in [3.8, 4) is 0 Å². The van der Waals surface area contributed by atoms with Gasteiger partial charge in [0.15, 0.2) is 0 Å². The van der Waals surface area contributed by atoms with Crippen molar-refractivity contribution >= 4 is 17.6 Å². The molecule has 5 nitrogen and oxygen atoms in total. The van der Waals surface area contributed by atoms with Gasteiger partial charge in [0.25, 0.3) is 0 Å². The second kappa shape index (κ2) is 5.64. The summed E-state index contributed by atoms with van der Waals surface area (Å²) in [4.78, 5) is 22.9. The molecule has 18 heavy (non-hydrogen) atoms. The first-order valence-electron chi connectivity index (χ1n) is 5.92. The van der Waals surface area contributed by atoms with Crippen molar-refractivity contribution in [2.45, 2.75) is 19.4 Å². The summed E-state index contributed by atoms with van der Waals surface area (Å²) >= 11 is 0. The van der Waals surface area contributed by atoms with Crippen molar-refractivity contribution in [3.05, 3.63) is 29.8 Å². The van der Waals surface area contributed by atoms with Crippen LogP contribution < -0.4 is 10.6 Å². The lowest BCUT2D eigenvalue weighted by Crippen LogP contribution is -2.38. The van der Waals surface area contributed by atoms with E-state index in [2.05, 4.69) is 10.6 Å². The fourth-order valence-corrected chi connectivity index (χ4v) is 1.80. The predicted octanol–water partition coefficient (Wildman–Crippen LogP) is 0.839. The molecular formula is C13H16N2O3. The molecule has 0 aromatic heterocycles. The van der Waals surface area contributed by atoms with Gasteiger partial charge in [-0.1, -0.05) is 18.2 Å². The van der Waals surface area contributed by atoms with Gasteiger partial charge in [0.1, 0.15) is 6.04 Å². The highest BCUT2D eigenvalue weighted by Crippen LogP contribution is 2.12. The number of carbonyl (C=O) groups is 2. The molecule has 5 heteroatoms. The summed E-state index contributed by atoms with van der Waals surface area (Å²) in [5.74, 6) is -0.442. The largest absolute Gasteiger partial charge is 0.464 e. The van der Waals surface area contributed by atoms with Gasteiger partial charge < -0.3 is 10.1 Å². The van der Waals surface area contributed by atoms with Crippen molar-refractivity contribution < 1.29 is 14.3 Å². The van der Waals surface area contributed by atoms with Crippen LogP contribution in [0.4, 0.5) is 5.69 Å². The third-order valence-corrected chi connectivity index (χ3v) is 2.86. The Labute approximate surface area is 106 Å². The van der Waals surface area contributed by atoms with E-state index in [-0.39, 0.29) is 24.5 Å². The van der Waals surface area contributed by atoms with Crippen molar-refractivity contribution in [3.63, 3.8) is 0 Å². The summed E-state index contributed by atoms with van der Waals surface area (Å²) in [5, 5.41) is 5.68. The number of hydrogen-bond acceptors (Lipinski definition) is 4. The van der Waals surface area contributed by atoms with Crippen LogP contribution in [-0.2, 0) is 14.3 Å². The highest BCUT2D eigenvalue weighted by molar-refractivity contribution is 5.93. The minimum Gasteiger partial charge on any atom is -0.464 e. The lowest BCUT2D eigenvalue weighted by molar-refractivity contribution is -0.139. The second-order valence-electron chi connectivity index (χ2n) is 4.25. The van der Waals surface area contributed by atoms with E-state index in [9.17, 15) is 9.59 Å². The highest BCUT2D eigenvalue weighted by Gasteiger charge is 2.26. The Kier molecular flexibility index (Phi) is 3.94. The first kappa shape index (κ1) is 12.6. The Morgan fingerprint density at radius 1 is 1.44 bits per heavy atom. The Morgan fingerprint density at radius 3 is 2.89 bits per heavy atom. The molecular weight excluding hydrogens is 232 g/mol. The van der Waals surface area contributed by atoms with E-state index in [1.165, 1.54) is 0 Å². The van der Waals surface area contributed by atoms with Gasteiger partial charge in [-0.15, -0.1) is 0 Å². The third kappa shape index (κ3) is 3.07. The molecule has 2 rings (SSSR count). The molecule has 1 aliphatic rings. The SMILES string of the molecule is Cc1ccccc1NC(=O)CNC1CCOC1=O. The summed E-state index contributed by atoms with van der Waals surface area (Å²) in [6, 6.07) is 7.20. The van der Waals surface area contributed by atoms with Crippen LogP contribution in [0.2, 0.25) is 0 Å². The molecule has 2 N–H and O–H groups in total. The minimum absolute atomic E-state index is 0.105. The normalized spacial score (nSPS) is 18.5. The summed E-state index contributed by atoms with van der Waals surface area (Å²) in [6.07, 6.45) is 0.622. The van der Waals surface area contributed by atoms with Crippen LogP contribution in [0.15, 0.2) is 24.3 Å². The van der Waals surface area contributed by atoms with Crippen LogP contribution in [0.1, 0.15) is 12.0 Å². The maximum absolute atomic E-state index is 11.7. The van der Waals surface area contributed by atoms with E-state index in [0.29, 0.717) is 13.0 Å². The molecule has 1 aliphatic heterocycles. The van der Waals surface area contributed by atoms with Gasteiger partial charge in [-0.05, 0) is 18.6 Å². The molecule has 0 spiro atoms. The van der Waals surface area contributed by atoms with Crippen molar-refractivity contribution in [2.24, 2.45) is 0 Å². The van der Waals surface area contributed by atoms with Crippen molar-refractivity contribution in [1.29, 1.82) is 0 Å². The first-order chi connectivity index (χ1) is 8.66. The molecule has 1 fully saturated rings. The van der Waals surface area contributed by atoms with Gasteiger partial charge in [0.05, 0.1) is 13.2 Å². The number of ether oxygens (including phenoxy) is 1. The summed E-state index contributed by atoms with van der Waals surface area (Å²) in [7, 11) is 0. The Hall–Kier alpha value is -1.88. The maximum Gasteiger partial charge on any atom is 0.323 e. The van der Waals surface area contributed by atoms with Crippen LogP contribution in [0.25, 0.3) is 0 Å². The maximum atomic E-state index is 11.7. The second-order valence-corrected chi connectivity index (χ2v) is 4.25. The smallest absolute Gasteiger partial charge is 0.323 e. The number of para-hydroxylation sites is 1. The molecule has 1 aromatic carbocycles. The summed E-state index contributed by atoms with van der Waals surface area (Å²) < 4.78 is 4.80. The van der Waals surface area contributed by atoms with Crippen LogP contribution in [0.3, 0.4) is 0 Å². The molecule has 96 valence electrons. The number of esters is 1. The zero-order chi connectivity index (χ0) is 13.0. The fourth-order valence-electron chi connectivity index (χ4n) is 1.80. The van der Waals surface area contributed by atoms with Crippen LogP contribution in [0.5, 0.6) is 0 Å². The monoisotopic (exact) mass is 248 g/mol. The highest BCUT2D eigenvalue weighted by atomic mass is 16.5. The molecule has 0 radical (unpaired) electrons. The number of amides is 1. The zero-order valence-electron chi connectivity index (χ0n) is 10.2. The minimum atomic E-state index is -0.354. The van der Waals surface area contributed by atoms with E-state index < -0.39 is 0 Å². The van der Waals surface area contributed by atoms with Crippen LogP contribution in [0, 0.1) is 6.92 Å². The van der Waals surface area contributed by atoms with Crippen molar-refractivity contribution in [2.75, 3.05) is 18.5 Å². The van der Waals surface area contributed by atoms with E-state index in [4.69, 9.17) is 4.74 Å². The van der Waals surface area contributed by atoms with E-state index in [1.54, 1.807) is 0 Å². The van der Waals surface area contributed by atoms with Crippen LogP contribution >= 0.6 is 0 Å². The van der Waals surface area contributed by atoms with Gasteiger partial charge in [0.2, 0.25) is 5.91 Å². The van der Waals surface area contributed by atoms with Crippen molar-refractivity contribution in [1.82, 2.24) is 5.32 Å². The molecule has 1 aromatic rings. The molecule has 1 amide bonds. The predicted molar refractivity (Wildman–Crippen MR) is 67.2 cm³/mol. The van der Waals surface area contributed by atoms with Gasteiger partial charge in [0, 0.05) is 12.1 Å². The Morgan fingerprint density at radius 2 is 2.22 bits per heavy atom. The van der Waals surface area contributed by atoms with E-state index in [0.717, 1.165) is 11.3 Å². The molecule has 1 atom stereocenters. The van der Waals surface area contributed by atoms with E-state index >= 15 is 0 Å². The molecule has 0 bridgehead atoms. The molecule has 0 aliphatic carbocycles. The first-order valence-corrected chi connectivity index (χ1v) is 5.92. The molecule has 1 saturated heterocycles. The lowest BCUT2D eigenvalue weighted by atomic mass is 10.2. The summed E-state index contributed by atoms with van der Waals surface area (Å²) in [5.41, 5.74) is 1.80. The quantitative estimate of drug-likeness (QED) is 0.775. The number of nitrogens with one attached hydrogen (secondary N) is 2.